The molecule has 1 aromatic carbocycles. The highest BCUT2D eigenvalue weighted by Gasteiger charge is 2.12. The molecule has 88 valence electrons. The predicted molar refractivity (Wildman–Crippen MR) is 76.7 cm³/mol. The third-order valence-electron chi connectivity index (χ3n) is 2.43. The van der Waals surface area contributed by atoms with Crippen LogP contribution in [-0.2, 0) is 14.1 Å². The monoisotopic (exact) mass is 333 g/mol. The highest BCUT2D eigenvalue weighted by molar-refractivity contribution is 14.1. The SMILES string of the molecule is CCB(COI)OCCc1ccc(N)cc1. The molecule has 2 N–H and O–H groups in total. The fourth-order valence-corrected chi connectivity index (χ4v) is 1.78. The summed E-state index contributed by atoms with van der Waals surface area (Å²) in [5, 5.41) is 0. The molecule has 5 heteroatoms. The van der Waals surface area contributed by atoms with E-state index in [0.717, 1.165) is 25.0 Å². The van der Waals surface area contributed by atoms with Crippen LogP contribution in [0.1, 0.15) is 12.5 Å². The number of benzene rings is 1. The summed E-state index contributed by atoms with van der Waals surface area (Å²) in [5.41, 5.74) is 7.67. The molecule has 1 aromatic rings. The van der Waals surface area contributed by atoms with Gasteiger partial charge in [-0.2, -0.15) is 0 Å². The minimum absolute atomic E-state index is 0.200. The van der Waals surface area contributed by atoms with Crippen molar-refractivity contribution < 1.29 is 7.72 Å². The standard InChI is InChI=1S/C11H17BINO2/c1-2-12(9-16-13)15-8-7-10-3-5-11(14)6-4-10/h3-6H,2,7-9,14H2,1H3. The average Bonchev–Trinajstić information content (AvgIpc) is 2.30. The summed E-state index contributed by atoms with van der Waals surface area (Å²) in [5.74, 6) is 0. The molecule has 0 spiro atoms. The molecular formula is C11H17BINO2. The maximum absolute atomic E-state index is 5.70. The van der Waals surface area contributed by atoms with Crippen molar-refractivity contribution >= 4 is 35.6 Å². The van der Waals surface area contributed by atoms with Gasteiger partial charge >= 0.3 is 6.92 Å². The Morgan fingerprint density at radius 2 is 2.00 bits per heavy atom. The topological polar surface area (TPSA) is 44.5 Å². The Hall–Kier alpha value is -0.265. The van der Waals surface area contributed by atoms with Gasteiger partial charge in [0.15, 0.2) is 0 Å². The van der Waals surface area contributed by atoms with Crippen molar-refractivity contribution in [3.05, 3.63) is 29.8 Å². The first-order valence-corrected chi connectivity index (χ1v) is 6.34. The van der Waals surface area contributed by atoms with Crippen LogP contribution < -0.4 is 5.73 Å². The number of nitrogen functional groups attached to an aromatic ring is 1. The molecule has 0 saturated heterocycles. The van der Waals surface area contributed by atoms with E-state index in [1.165, 1.54) is 5.56 Å². The first-order valence-electron chi connectivity index (χ1n) is 5.45. The Labute approximate surface area is 111 Å². The summed E-state index contributed by atoms with van der Waals surface area (Å²) in [4.78, 5) is 0. The van der Waals surface area contributed by atoms with Gasteiger partial charge in [0.05, 0.1) is 6.51 Å². The van der Waals surface area contributed by atoms with Gasteiger partial charge in [-0.15, -0.1) is 0 Å². The van der Waals surface area contributed by atoms with E-state index in [1.54, 1.807) is 0 Å². The zero-order valence-corrected chi connectivity index (χ0v) is 11.6. The Morgan fingerprint density at radius 3 is 2.56 bits per heavy atom. The molecule has 0 aliphatic rings. The van der Waals surface area contributed by atoms with Crippen molar-refractivity contribution in [2.45, 2.75) is 19.7 Å². The number of rotatable bonds is 7. The van der Waals surface area contributed by atoms with Gasteiger partial charge < -0.3 is 13.5 Å². The van der Waals surface area contributed by atoms with Crippen LogP contribution in [0.25, 0.3) is 0 Å². The Bertz CT molecular complexity index is 295. The number of hydrogen-bond donors (Lipinski definition) is 1. The normalized spacial score (nSPS) is 10.4. The zero-order valence-electron chi connectivity index (χ0n) is 9.49. The summed E-state index contributed by atoms with van der Waals surface area (Å²) in [6.07, 6.45) is 1.89. The lowest BCUT2D eigenvalue weighted by atomic mass is 9.66. The van der Waals surface area contributed by atoms with Crippen LogP contribution in [0.4, 0.5) is 5.69 Å². The first kappa shape index (κ1) is 13.8. The second-order valence-corrected chi connectivity index (χ2v) is 4.29. The smallest absolute Gasteiger partial charge is 0.319 e. The lowest BCUT2D eigenvalue weighted by Gasteiger charge is -2.10. The van der Waals surface area contributed by atoms with Gasteiger partial charge in [0, 0.05) is 12.3 Å². The highest BCUT2D eigenvalue weighted by Crippen LogP contribution is 2.07. The quantitative estimate of drug-likeness (QED) is 0.474. The molecule has 0 fully saturated rings. The van der Waals surface area contributed by atoms with E-state index < -0.39 is 0 Å². The minimum atomic E-state index is 0.200. The highest BCUT2D eigenvalue weighted by atomic mass is 127. The summed E-state index contributed by atoms with van der Waals surface area (Å²) in [6, 6.07) is 7.91. The van der Waals surface area contributed by atoms with E-state index in [0.29, 0.717) is 6.51 Å². The van der Waals surface area contributed by atoms with Crippen LogP contribution in [0.3, 0.4) is 0 Å². The molecule has 0 aliphatic carbocycles. The molecule has 0 bridgehead atoms. The van der Waals surface area contributed by atoms with Gasteiger partial charge in [0.25, 0.3) is 0 Å². The molecule has 0 aromatic heterocycles. The van der Waals surface area contributed by atoms with Gasteiger partial charge in [-0.05, 0) is 30.4 Å². The molecule has 3 nitrogen and oxygen atoms in total. The third kappa shape index (κ3) is 5.18. The third-order valence-corrected chi connectivity index (χ3v) is 2.79. The van der Waals surface area contributed by atoms with Crippen LogP contribution in [0, 0.1) is 0 Å². The van der Waals surface area contributed by atoms with Gasteiger partial charge in [0.2, 0.25) is 0 Å². The van der Waals surface area contributed by atoms with E-state index in [4.69, 9.17) is 13.5 Å². The van der Waals surface area contributed by atoms with Gasteiger partial charge in [0.1, 0.15) is 23.0 Å². The van der Waals surface area contributed by atoms with Crippen LogP contribution in [-0.4, -0.2) is 20.0 Å². The molecule has 0 unspecified atom stereocenters. The fraction of sp³-hybridized carbons (Fsp3) is 0.455. The number of halogens is 1. The lowest BCUT2D eigenvalue weighted by Crippen LogP contribution is -2.23. The summed E-state index contributed by atoms with van der Waals surface area (Å²) in [6.45, 7) is 3.68. The van der Waals surface area contributed by atoms with Crippen molar-refractivity contribution in [3.8, 4) is 0 Å². The Kier molecular flexibility index (Phi) is 6.83. The maximum Gasteiger partial charge on any atom is 0.319 e. The van der Waals surface area contributed by atoms with Crippen LogP contribution >= 0.6 is 23.0 Å². The van der Waals surface area contributed by atoms with Crippen molar-refractivity contribution in [1.29, 1.82) is 0 Å². The molecule has 16 heavy (non-hydrogen) atoms. The van der Waals surface area contributed by atoms with Crippen LogP contribution in [0.15, 0.2) is 24.3 Å². The minimum Gasteiger partial charge on any atom is -0.433 e. The van der Waals surface area contributed by atoms with Gasteiger partial charge in [-0.25, -0.2) is 0 Å². The van der Waals surface area contributed by atoms with E-state index in [-0.39, 0.29) is 6.92 Å². The first-order chi connectivity index (χ1) is 7.76. The predicted octanol–water partition coefficient (Wildman–Crippen LogP) is 2.75. The molecule has 0 heterocycles. The van der Waals surface area contributed by atoms with E-state index in [2.05, 4.69) is 6.92 Å². The van der Waals surface area contributed by atoms with Crippen molar-refractivity contribution in [3.63, 3.8) is 0 Å². The molecule has 1 rings (SSSR count). The molecule has 0 aliphatic heterocycles. The van der Waals surface area contributed by atoms with Gasteiger partial charge in [-0.1, -0.05) is 19.1 Å². The average molecular weight is 333 g/mol. The van der Waals surface area contributed by atoms with Gasteiger partial charge in [-0.3, -0.25) is 0 Å². The second kappa shape index (κ2) is 7.92. The van der Waals surface area contributed by atoms with E-state index in [9.17, 15) is 0 Å². The molecule has 0 saturated carbocycles. The lowest BCUT2D eigenvalue weighted by molar-refractivity contribution is 0.306. The molecule has 0 atom stereocenters. The molecule has 0 amide bonds. The van der Waals surface area contributed by atoms with Crippen molar-refractivity contribution in [2.24, 2.45) is 0 Å². The zero-order chi connectivity index (χ0) is 11.8. The maximum atomic E-state index is 5.70. The largest absolute Gasteiger partial charge is 0.433 e. The van der Waals surface area contributed by atoms with Crippen molar-refractivity contribution in [2.75, 3.05) is 18.8 Å². The van der Waals surface area contributed by atoms with Crippen LogP contribution in [0.2, 0.25) is 6.32 Å². The summed E-state index contributed by atoms with van der Waals surface area (Å²) in [7, 11) is 0. The Morgan fingerprint density at radius 1 is 1.31 bits per heavy atom. The van der Waals surface area contributed by atoms with E-state index >= 15 is 0 Å². The van der Waals surface area contributed by atoms with Crippen LogP contribution in [0.5, 0.6) is 0 Å². The summed E-state index contributed by atoms with van der Waals surface area (Å²) < 4.78 is 10.7. The second-order valence-electron chi connectivity index (χ2n) is 3.67. The number of nitrogens with two attached hydrogens (primary N) is 1. The number of hydrogen-bond acceptors (Lipinski definition) is 3. The Balaban J connectivity index is 2.26. The summed E-state index contributed by atoms with van der Waals surface area (Å²) >= 11 is 1.90. The molecular weight excluding hydrogens is 316 g/mol. The number of anilines is 1. The van der Waals surface area contributed by atoms with Crippen molar-refractivity contribution in [1.82, 2.24) is 0 Å². The fourth-order valence-electron chi connectivity index (χ4n) is 1.38. The molecule has 0 radical (unpaired) electrons. The van der Waals surface area contributed by atoms with E-state index in [1.807, 2.05) is 47.3 Å².